The zero-order valence-corrected chi connectivity index (χ0v) is 5.38. The summed E-state index contributed by atoms with van der Waals surface area (Å²) in [6.45, 7) is 0. The summed E-state index contributed by atoms with van der Waals surface area (Å²) in [5, 5.41) is 10.8. The SMILES string of the molecule is N=C1NC(=O)NC(=O)C1C=O. The number of aldehydes is 1. The summed E-state index contributed by atoms with van der Waals surface area (Å²) in [7, 11) is 0. The molecular weight excluding hydrogens is 150 g/mol. The van der Waals surface area contributed by atoms with Crippen molar-refractivity contribution >= 4 is 24.1 Å². The molecule has 1 aliphatic heterocycles. The highest BCUT2D eigenvalue weighted by Crippen LogP contribution is 1.97. The van der Waals surface area contributed by atoms with Gasteiger partial charge in [0.15, 0.2) is 5.92 Å². The maximum Gasteiger partial charge on any atom is 0.326 e. The van der Waals surface area contributed by atoms with Crippen LogP contribution in [0, 0.1) is 11.3 Å². The fourth-order valence-electron chi connectivity index (χ4n) is 0.682. The maximum absolute atomic E-state index is 10.7. The van der Waals surface area contributed by atoms with E-state index in [9.17, 15) is 14.4 Å². The van der Waals surface area contributed by atoms with Crippen molar-refractivity contribution in [2.75, 3.05) is 0 Å². The van der Waals surface area contributed by atoms with Crippen LogP contribution in [0.1, 0.15) is 0 Å². The summed E-state index contributed by atoms with van der Waals surface area (Å²) in [4.78, 5) is 31.3. The lowest BCUT2D eigenvalue weighted by molar-refractivity contribution is -0.126. The van der Waals surface area contributed by atoms with E-state index >= 15 is 0 Å². The molecule has 1 fully saturated rings. The van der Waals surface area contributed by atoms with Gasteiger partial charge in [0, 0.05) is 0 Å². The Bertz CT molecular complexity index is 227. The maximum atomic E-state index is 10.7. The second-order valence-electron chi connectivity index (χ2n) is 1.97. The number of hydrogen-bond donors (Lipinski definition) is 3. The molecule has 1 saturated heterocycles. The summed E-state index contributed by atoms with van der Waals surface area (Å²) < 4.78 is 0. The largest absolute Gasteiger partial charge is 0.326 e. The van der Waals surface area contributed by atoms with Crippen molar-refractivity contribution in [3.63, 3.8) is 0 Å². The highest BCUT2D eigenvalue weighted by Gasteiger charge is 2.30. The first-order valence-corrected chi connectivity index (χ1v) is 2.80. The van der Waals surface area contributed by atoms with Crippen LogP contribution in [0.25, 0.3) is 0 Å². The number of carbonyl (C=O) groups excluding carboxylic acids is 3. The van der Waals surface area contributed by atoms with Gasteiger partial charge in [-0.3, -0.25) is 20.8 Å². The smallest absolute Gasteiger partial charge is 0.302 e. The van der Waals surface area contributed by atoms with Crippen LogP contribution in [-0.2, 0) is 9.59 Å². The highest BCUT2D eigenvalue weighted by molar-refractivity contribution is 6.23. The second kappa shape index (κ2) is 2.49. The van der Waals surface area contributed by atoms with Crippen molar-refractivity contribution in [1.29, 1.82) is 5.41 Å². The molecule has 6 heteroatoms. The number of amides is 3. The van der Waals surface area contributed by atoms with Gasteiger partial charge in [-0.25, -0.2) is 4.79 Å². The van der Waals surface area contributed by atoms with Crippen molar-refractivity contribution in [2.45, 2.75) is 0 Å². The van der Waals surface area contributed by atoms with Gasteiger partial charge in [0.25, 0.3) is 0 Å². The minimum atomic E-state index is -1.17. The van der Waals surface area contributed by atoms with Crippen LogP contribution >= 0.6 is 0 Å². The van der Waals surface area contributed by atoms with Gasteiger partial charge >= 0.3 is 6.03 Å². The lowest BCUT2D eigenvalue weighted by Gasteiger charge is -2.17. The molecule has 0 saturated carbocycles. The predicted molar refractivity (Wildman–Crippen MR) is 34.0 cm³/mol. The Morgan fingerprint density at radius 2 is 2.00 bits per heavy atom. The third-order valence-electron chi connectivity index (χ3n) is 1.21. The lowest BCUT2D eigenvalue weighted by Crippen LogP contribution is -2.55. The Balaban J connectivity index is 2.82. The zero-order chi connectivity index (χ0) is 8.43. The van der Waals surface area contributed by atoms with E-state index in [1.807, 2.05) is 10.6 Å². The van der Waals surface area contributed by atoms with Crippen LogP contribution in [0.2, 0.25) is 0 Å². The summed E-state index contributed by atoms with van der Waals surface area (Å²) >= 11 is 0. The van der Waals surface area contributed by atoms with E-state index in [0.717, 1.165) is 0 Å². The van der Waals surface area contributed by atoms with E-state index in [1.165, 1.54) is 0 Å². The molecule has 0 bridgehead atoms. The average Bonchev–Trinajstić information content (AvgIpc) is 1.85. The lowest BCUT2D eigenvalue weighted by atomic mass is 10.1. The quantitative estimate of drug-likeness (QED) is 0.321. The van der Waals surface area contributed by atoms with Gasteiger partial charge in [-0.05, 0) is 0 Å². The third kappa shape index (κ3) is 1.23. The molecule has 0 aliphatic carbocycles. The summed E-state index contributed by atoms with van der Waals surface area (Å²) in [5.41, 5.74) is 0. The van der Waals surface area contributed by atoms with Gasteiger partial charge in [-0.15, -0.1) is 0 Å². The summed E-state index contributed by atoms with van der Waals surface area (Å²) in [5.74, 6) is -2.31. The molecule has 1 atom stereocenters. The number of nitrogens with one attached hydrogen (secondary N) is 3. The number of amidine groups is 1. The molecule has 1 aliphatic rings. The van der Waals surface area contributed by atoms with E-state index in [1.54, 1.807) is 0 Å². The van der Waals surface area contributed by atoms with Crippen LogP contribution in [-0.4, -0.2) is 24.1 Å². The molecule has 0 aromatic carbocycles. The fraction of sp³-hybridized carbons (Fsp3) is 0.200. The standard InChI is InChI=1S/C5H5N3O3/c6-3-2(1-9)4(10)8-5(11)7-3/h1-2H,(H3,6,7,8,10,11). The second-order valence-corrected chi connectivity index (χ2v) is 1.97. The predicted octanol–water partition coefficient (Wildman–Crippen LogP) is -1.38. The molecule has 58 valence electrons. The number of hydrogen-bond acceptors (Lipinski definition) is 4. The van der Waals surface area contributed by atoms with Gasteiger partial charge in [0.1, 0.15) is 12.1 Å². The summed E-state index contributed by atoms with van der Waals surface area (Å²) in [6.07, 6.45) is 0.303. The Morgan fingerprint density at radius 3 is 2.45 bits per heavy atom. The van der Waals surface area contributed by atoms with Gasteiger partial charge in [0.2, 0.25) is 5.91 Å². The van der Waals surface area contributed by atoms with Crippen molar-refractivity contribution in [1.82, 2.24) is 10.6 Å². The third-order valence-corrected chi connectivity index (χ3v) is 1.21. The first-order chi connectivity index (χ1) is 5.15. The molecule has 11 heavy (non-hydrogen) atoms. The van der Waals surface area contributed by atoms with Crippen molar-refractivity contribution < 1.29 is 14.4 Å². The van der Waals surface area contributed by atoms with Gasteiger partial charge in [-0.1, -0.05) is 0 Å². The van der Waals surface area contributed by atoms with E-state index in [2.05, 4.69) is 0 Å². The number of imide groups is 1. The first-order valence-electron chi connectivity index (χ1n) is 2.80. The molecule has 1 unspecified atom stereocenters. The van der Waals surface area contributed by atoms with Gasteiger partial charge in [-0.2, -0.15) is 0 Å². The van der Waals surface area contributed by atoms with Crippen LogP contribution in [0.15, 0.2) is 0 Å². The highest BCUT2D eigenvalue weighted by atomic mass is 16.2. The van der Waals surface area contributed by atoms with Gasteiger partial charge in [0.05, 0.1) is 0 Å². The van der Waals surface area contributed by atoms with Crippen LogP contribution in [0.3, 0.4) is 0 Å². The molecule has 0 aromatic rings. The van der Waals surface area contributed by atoms with Crippen molar-refractivity contribution in [3.8, 4) is 0 Å². The van der Waals surface area contributed by atoms with E-state index in [0.29, 0.717) is 6.29 Å². The Hall–Kier alpha value is -1.72. The molecular formula is C5H5N3O3. The Kier molecular flexibility index (Phi) is 1.67. The first kappa shape index (κ1) is 7.39. The molecule has 0 aromatic heterocycles. The minimum absolute atomic E-state index is 0.303. The van der Waals surface area contributed by atoms with Crippen LogP contribution < -0.4 is 10.6 Å². The molecule has 1 rings (SSSR count). The van der Waals surface area contributed by atoms with Crippen LogP contribution in [0.5, 0.6) is 0 Å². The van der Waals surface area contributed by atoms with Gasteiger partial charge < -0.3 is 4.79 Å². The number of rotatable bonds is 1. The molecule has 0 spiro atoms. The van der Waals surface area contributed by atoms with E-state index < -0.39 is 17.9 Å². The molecule has 3 N–H and O–H groups in total. The van der Waals surface area contributed by atoms with Crippen molar-refractivity contribution in [2.24, 2.45) is 5.92 Å². The summed E-state index contributed by atoms with van der Waals surface area (Å²) in [6, 6.07) is -0.766. The minimum Gasteiger partial charge on any atom is -0.302 e. The van der Waals surface area contributed by atoms with E-state index in [4.69, 9.17) is 5.41 Å². The average molecular weight is 155 g/mol. The normalized spacial score (nSPS) is 24.0. The monoisotopic (exact) mass is 155 g/mol. The number of carbonyl (C=O) groups is 3. The number of urea groups is 1. The molecule has 1 heterocycles. The van der Waals surface area contributed by atoms with Crippen molar-refractivity contribution in [3.05, 3.63) is 0 Å². The molecule has 6 nitrogen and oxygen atoms in total. The van der Waals surface area contributed by atoms with E-state index in [-0.39, 0.29) is 5.84 Å². The van der Waals surface area contributed by atoms with Crippen LogP contribution in [0.4, 0.5) is 4.79 Å². The topological polar surface area (TPSA) is 99.1 Å². The molecule has 0 radical (unpaired) electrons. The molecule has 3 amide bonds. The fourth-order valence-corrected chi connectivity index (χ4v) is 0.682. The zero-order valence-electron chi connectivity index (χ0n) is 5.38. The Morgan fingerprint density at radius 1 is 1.36 bits per heavy atom. The Labute approximate surface area is 61.5 Å².